The summed E-state index contributed by atoms with van der Waals surface area (Å²) in [6.45, 7) is 0.934. The quantitative estimate of drug-likeness (QED) is 0.522. The van der Waals surface area contributed by atoms with E-state index in [-0.39, 0.29) is 6.23 Å². The highest BCUT2D eigenvalue weighted by atomic mass is 16.5. The summed E-state index contributed by atoms with van der Waals surface area (Å²) in [5.41, 5.74) is 0. The van der Waals surface area contributed by atoms with E-state index in [4.69, 9.17) is 4.74 Å². The molecular formula is C7H18N2O. The number of hydrogen-bond acceptors (Lipinski definition) is 3. The van der Waals surface area contributed by atoms with Gasteiger partial charge >= 0.3 is 0 Å². The molecule has 0 aliphatic rings. The normalized spacial score (nSPS) is 14.7. The van der Waals surface area contributed by atoms with Crippen LogP contribution >= 0.6 is 0 Å². The van der Waals surface area contributed by atoms with Crippen LogP contribution in [-0.2, 0) is 4.74 Å². The zero-order valence-corrected chi connectivity index (χ0v) is 7.59. The minimum absolute atomic E-state index is 0.204. The lowest BCUT2D eigenvalue weighted by Gasteiger charge is -2.25. The van der Waals surface area contributed by atoms with Crippen LogP contribution in [0.4, 0.5) is 0 Å². The maximum Gasteiger partial charge on any atom is 0.122 e. The van der Waals surface area contributed by atoms with E-state index in [0.29, 0.717) is 0 Å². The van der Waals surface area contributed by atoms with E-state index >= 15 is 0 Å². The molecule has 3 nitrogen and oxygen atoms in total. The van der Waals surface area contributed by atoms with Crippen molar-refractivity contribution in [2.24, 2.45) is 0 Å². The third-order valence-electron chi connectivity index (χ3n) is 1.37. The van der Waals surface area contributed by atoms with Crippen LogP contribution in [0.3, 0.4) is 0 Å². The number of ether oxygens (including phenoxy) is 1. The second-order valence-corrected chi connectivity index (χ2v) is 2.92. The molecule has 0 amide bonds. The minimum atomic E-state index is 0.204. The summed E-state index contributed by atoms with van der Waals surface area (Å²) in [7, 11) is 9.83. The average molecular weight is 146 g/mol. The second kappa shape index (κ2) is 4.66. The molecule has 0 spiro atoms. The van der Waals surface area contributed by atoms with Gasteiger partial charge in [0.25, 0.3) is 0 Å². The van der Waals surface area contributed by atoms with E-state index in [1.807, 2.05) is 28.2 Å². The largest absolute Gasteiger partial charge is 0.365 e. The van der Waals surface area contributed by atoms with Crippen molar-refractivity contribution in [3.8, 4) is 0 Å². The first-order chi connectivity index (χ1) is 4.57. The van der Waals surface area contributed by atoms with Crippen LogP contribution in [0, 0.1) is 0 Å². The summed E-state index contributed by atoms with van der Waals surface area (Å²) in [5.74, 6) is 0. The van der Waals surface area contributed by atoms with Gasteiger partial charge in [-0.05, 0) is 28.2 Å². The molecule has 1 atom stereocenters. The van der Waals surface area contributed by atoms with E-state index in [1.54, 1.807) is 7.11 Å². The molecule has 0 aliphatic heterocycles. The molecule has 10 heavy (non-hydrogen) atoms. The average Bonchev–Trinajstić information content (AvgIpc) is 1.81. The third kappa shape index (κ3) is 3.82. The van der Waals surface area contributed by atoms with E-state index in [2.05, 4.69) is 9.80 Å². The molecule has 0 bridgehead atoms. The summed E-state index contributed by atoms with van der Waals surface area (Å²) in [4.78, 5) is 4.16. The Morgan fingerprint density at radius 1 is 1.20 bits per heavy atom. The van der Waals surface area contributed by atoms with Gasteiger partial charge in [-0.25, -0.2) is 0 Å². The second-order valence-electron chi connectivity index (χ2n) is 2.92. The van der Waals surface area contributed by atoms with Crippen molar-refractivity contribution in [2.75, 3.05) is 41.8 Å². The van der Waals surface area contributed by atoms with Crippen molar-refractivity contribution >= 4 is 0 Å². The van der Waals surface area contributed by atoms with Crippen LogP contribution in [0.2, 0.25) is 0 Å². The number of rotatable bonds is 4. The van der Waals surface area contributed by atoms with Crippen LogP contribution in [0.1, 0.15) is 0 Å². The highest BCUT2D eigenvalue weighted by molar-refractivity contribution is 4.56. The van der Waals surface area contributed by atoms with Crippen molar-refractivity contribution in [1.29, 1.82) is 0 Å². The Balaban J connectivity index is 3.60. The maximum absolute atomic E-state index is 5.21. The Labute approximate surface area is 63.6 Å². The van der Waals surface area contributed by atoms with Gasteiger partial charge in [0, 0.05) is 13.7 Å². The predicted molar refractivity (Wildman–Crippen MR) is 43.0 cm³/mol. The van der Waals surface area contributed by atoms with E-state index in [1.165, 1.54) is 0 Å². The molecule has 0 aromatic rings. The molecule has 0 aromatic heterocycles. The Morgan fingerprint density at radius 2 is 1.70 bits per heavy atom. The molecule has 0 aromatic carbocycles. The van der Waals surface area contributed by atoms with Gasteiger partial charge in [-0.1, -0.05) is 0 Å². The Kier molecular flexibility index (Phi) is 4.60. The number of hydrogen-bond donors (Lipinski definition) is 0. The summed E-state index contributed by atoms with van der Waals surface area (Å²) in [5, 5.41) is 0. The Morgan fingerprint density at radius 3 is 1.80 bits per heavy atom. The fourth-order valence-electron chi connectivity index (χ4n) is 0.761. The zero-order chi connectivity index (χ0) is 8.15. The molecule has 62 valence electrons. The molecule has 0 rings (SSSR count). The van der Waals surface area contributed by atoms with Crippen molar-refractivity contribution in [3.05, 3.63) is 0 Å². The molecule has 0 fully saturated rings. The minimum Gasteiger partial charge on any atom is -0.365 e. The number of methoxy groups -OCH3 is 1. The lowest BCUT2D eigenvalue weighted by Crippen LogP contribution is -2.38. The van der Waals surface area contributed by atoms with Crippen molar-refractivity contribution in [2.45, 2.75) is 6.23 Å². The first kappa shape index (κ1) is 9.88. The maximum atomic E-state index is 5.21. The monoisotopic (exact) mass is 146 g/mol. The molecule has 0 heterocycles. The molecule has 0 saturated heterocycles. The van der Waals surface area contributed by atoms with Crippen molar-refractivity contribution in [1.82, 2.24) is 9.80 Å². The van der Waals surface area contributed by atoms with E-state index in [9.17, 15) is 0 Å². The van der Waals surface area contributed by atoms with Gasteiger partial charge in [0.15, 0.2) is 0 Å². The van der Waals surface area contributed by atoms with E-state index < -0.39 is 0 Å². The van der Waals surface area contributed by atoms with Crippen LogP contribution in [0.15, 0.2) is 0 Å². The summed E-state index contributed by atoms with van der Waals surface area (Å²) < 4.78 is 5.21. The van der Waals surface area contributed by atoms with Gasteiger partial charge < -0.3 is 9.64 Å². The van der Waals surface area contributed by atoms with Crippen LogP contribution in [-0.4, -0.2) is 57.9 Å². The van der Waals surface area contributed by atoms with Gasteiger partial charge in [-0.2, -0.15) is 0 Å². The lowest BCUT2D eigenvalue weighted by molar-refractivity contribution is -0.0189. The predicted octanol–water partition coefficient (Wildman–Crippen LogP) is 0.0821. The Bertz CT molecular complexity index is 83.7. The highest BCUT2D eigenvalue weighted by Crippen LogP contribution is 1.94. The van der Waals surface area contributed by atoms with Gasteiger partial charge in [0.05, 0.1) is 0 Å². The molecule has 0 radical (unpaired) electrons. The summed E-state index contributed by atoms with van der Waals surface area (Å²) >= 11 is 0. The molecule has 0 N–H and O–H groups in total. The fraction of sp³-hybridized carbons (Fsp3) is 1.00. The lowest BCUT2D eigenvalue weighted by atomic mass is 10.5. The molecule has 1 unspecified atom stereocenters. The first-order valence-corrected chi connectivity index (χ1v) is 3.42. The number of nitrogens with zero attached hydrogens (tertiary/aromatic N) is 2. The molecule has 0 aliphatic carbocycles. The van der Waals surface area contributed by atoms with Crippen LogP contribution in [0.5, 0.6) is 0 Å². The fourth-order valence-corrected chi connectivity index (χ4v) is 0.761. The third-order valence-corrected chi connectivity index (χ3v) is 1.37. The molecule has 0 saturated carbocycles. The summed E-state index contributed by atoms with van der Waals surface area (Å²) in [6, 6.07) is 0. The van der Waals surface area contributed by atoms with Crippen LogP contribution in [0.25, 0.3) is 0 Å². The molecule has 3 heteroatoms. The number of likely N-dealkylation sites (N-methyl/N-ethyl adjacent to an activating group) is 2. The van der Waals surface area contributed by atoms with Gasteiger partial charge in [-0.3, -0.25) is 4.90 Å². The standard InChI is InChI=1S/C7H18N2O/c1-8(2)6-7(10-5)9(3)4/h7H,6H2,1-5H3. The SMILES string of the molecule is COC(CN(C)C)N(C)C. The van der Waals surface area contributed by atoms with Gasteiger partial charge in [0.2, 0.25) is 0 Å². The Hall–Kier alpha value is -0.120. The summed E-state index contributed by atoms with van der Waals surface area (Å²) in [6.07, 6.45) is 0.204. The first-order valence-electron chi connectivity index (χ1n) is 3.42. The highest BCUT2D eigenvalue weighted by Gasteiger charge is 2.09. The van der Waals surface area contributed by atoms with E-state index in [0.717, 1.165) is 6.54 Å². The van der Waals surface area contributed by atoms with Gasteiger partial charge in [-0.15, -0.1) is 0 Å². The van der Waals surface area contributed by atoms with Crippen molar-refractivity contribution in [3.63, 3.8) is 0 Å². The van der Waals surface area contributed by atoms with Crippen LogP contribution < -0.4 is 0 Å². The molecular weight excluding hydrogens is 128 g/mol. The topological polar surface area (TPSA) is 15.7 Å². The van der Waals surface area contributed by atoms with Gasteiger partial charge in [0.1, 0.15) is 6.23 Å². The smallest absolute Gasteiger partial charge is 0.122 e. The van der Waals surface area contributed by atoms with Crippen molar-refractivity contribution < 1.29 is 4.74 Å². The zero-order valence-electron chi connectivity index (χ0n) is 7.59.